The van der Waals surface area contributed by atoms with Gasteiger partial charge in [-0.1, -0.05) is 25.6 Å². The quantitative estimate of drug-likeness (QED) is 0.528. The van der Waals surface area contributed by atoms with Crippen LogP contribution in [0.25, 0.3) is 0 Å². The van der Waals surface area contributed by atoms with Crippen molar-refractivity contribution in [3.05, 3.63) is 0 Å². The molecule has 0 saturated heterocycles. The number of carbonyl (C=O) groups is 1. The molecule has 0 bridgehead atoms. The van der Waals surface area contributed by atoms with Gasteiger partial charge in [-0.05, 0) is 12.8 Å². The largest absolute Gasteiger partial charge is 0.382 e. The molecule has 1 N–H and O–H groups in total. The van der Waals surface area contributed by atoms with Gasteiger partial charge in [-0.3, -0.25) is 4.79 Å². The van der Waals surface area contributed by atoms with E-state index >= 15 is 0 Å². The van der Waals surface area contributed by atoms with Gasteiger partial charge in [0.05, 0.1) is 5.25 Å². The Kier molecular flexibility index (Phi) is 5.21. The second-order valence-electron chi connectivity index (χ2n) is 2.73. The minimum atomic E-state index is -0.629. The first-order valence-corrected chi connectivity index (χ1v) is 4.91. The molecular weight excluding hydrogens is 180 g/mol. The zero-order chi connectivity index (χ0) is 9.02. The first-order chi connectivity index (χ1) is 4.95. The lowest BCUT2D eigenvalue weighted by atomic mass is 10.1. The number of hydrogen-bond donors (Lipinski definition) is 2. The third-order valence-corrected chi connectivity index (χ3v) is 2.99. The fourth-order valence-electron chi connectivity index (χ4n) is 0.510. The summed E-state index contributed by atoms with van der Waals surface area (Å²) in [6, 6.07) is 0. The van der Waals surface area contributed by atoms with Gasteiger partial charge >= 0.3 is 0 Å². The van der Waals surface area contributed by atoms with Crippen LogP contribution in [-0.2, 0) is 4.79 Å². The van der Waals surface area contributed by atoms with Crippen LogP contribution < -0.4 is 0 Å². The van der Waals surface area contributed by atoms with Crippen LogP contribution in [0.15, 0.2) is 0 Å². The van der Waals surface area contributed by atoms with Crippen LogP contribution in [0, 0.1) is 5.92 Å². The zero-order valence-electron chi connectivity index (χ0n) is 6.94. The van der Waals surface area contributed by atoms with Crippen molar-refractivity contribution in [3.63, 3.8) is 0 Å². The summed E-state index contributed by atoms with van der Waals surface area (Å²) in [4.78, 5) is 11.1. The zero-order valence-corrected chi connectivity index (χ0v) is 8.65. The summed E-state index contributed by atoms with van der Waals surface area (Å²) in [7, 11) is 0. The lowest BCUT2D eigenvalue weighted by molar-refractivity contribution is -0.111. The van der Waals surface area contributed by atoms with Gasteiger partial charge in [-0.2, -0.15) is 12.6 Å². The molecule has 0 spiro atoms. The van der Waals surface area contributed by atoms with Crippen molar-refractivity contribution in [2.75, 3.05) is 0 Å². The van der Waals surface area contributed by atoms with Crippen molar-refractivity contribution in [3.8, 4) is 0 Å². The van der Waals surface area contributed by atoms with E-state index in [1.165, 1.54) is 0 Å². The van der Waals surface area contributed by atoms with Crippen LogP contribution >= 0.6 is 24.4 Å². The first kappa shape index (κ1) is 11.3. The van der Waals surface area contributed by atoms with Gasteiger partial charge in [0, 0.05) is 0 Å². The number of thiol groups is 1. The Morgan fingerprint density at radius 2 is 1.91 bits per heavy atom. The van der Waals surface area contributed by atoms with E-state index in [0.717, 1.165) is 11.8 Å². The Hall–Kier alpha value is 0.330. The van der Waals surface area contributed by atoms with Gasteiger partial charge in [0.25, 0.3) is 0 Å². The molecule has 11 heavy (non-hydrogen) atoms. The highest BCUT2D eigenvalue weighted by molar-refractivity contribution is 8.15. The fourth-order valence-corrected chi connectivity index (χ4v) is 1.44. The predicted octanol–water partition coefficient (Wildman–Crippen LogP) is 1.54. The lowest BCUT2D eigenvalue weighted by Crippen LogP contribution is -2.19. The predicted molar refractivity (Wildman–Crippen MR) is 51.9 cm³/mol. The van der Waals surface area contributed by atoms with E-state index < -0.39 is 5.44 Å². The van der Waals surface area contributed by atoms with E-state index in [-0.39, 0.29) is 16.3 Å². The molecule has 0 aliphatic carbocycles. The van der Waals surface area contributed by atoms with E-state index in [2.05, 4.69) is 12.6 Å². The van der Waals surface area contributed by atoms with Crippen LogP contribution in [0.3, 0.4) is 0 Å². The molecule has 0 fully saturated rings. The summed E-state index contributed by atoms with van der Waals surface area (Å²) in [5, 5.41) is 8.54. The maximum Gasteiger partial charge on any atom is 0.204 e. The molecule has 0 aromatic rings. The molecule has 0 aliphatic heterocycles. The topological polar surface area (TPSA) is 37.3 Å². The number of hydrogen-bond acceptors (Lipinski definition) is 4. The molecule has 2 nitrogen and oxygen atoms in total. The minimum absolute atomic E-state index is 0.0571. The number of carbonyl (C=O) groups excluding carboxylic acids is 1. The smallest absolute Gasteiger partial charge is 0.204 e. The normalized spacial score (nSPS) is 16.5. The van der Waals surface area contributed by atoms with E-state index in [9.17, 15) is 4.79 Å². The standard InChI is InChI=1S/C7H14O2S2/c1-4(2)6(10)7(9)11-5(3)8/h4-6,8,10H,1-3H3. The Morgan fingerprint density at radius 3 is 2.18 bits per heavy atom. The van der Waals surface area contributed by atoms with Gasteiger partial charge in [0.15, 0.2) is 0 Å². The van der Waals surface area contributed by atoms with Crippen LogP contribution in [0.5, 0.6) is 0 Å². The van der Waals surface area contributed by atoms with Crippen molar-refractivity contribution >= 4 is 29.5 Å². The Bertz CT molecular complexity index is 134. The van der Waals surface area contributed by atoms with E-state index in [1.54, 1.807) is 6.92 Å². The number of aliphatic hydroxyl groups is 1. The van der Waals surface area contributed by atoms with Crippen LogP contribution in [-0.4, -0.2) is 20.9 Å². The number of aliphatic hydroxyl groups excluding tert-OH is 1. The van der Waals surface area contributed by atoms with Crippen LogP contribution in [0.2, 0.25) is 0 Å². The van der Waals surface area contributed by atoms with Crippen LogP contribution in [0.1, 0.15) is 20.8 Å². The van der Waals surface area contributed by atoms with Crippen molar-refractivity contribution in [1.29, 1.82) is 0 Å². The summed E-state index contributed by atoms with van der Waals surface area (Å²) in [5.74, 6) is 0.220. The fraction of sp³-hybridized carbons (Fsp3) is 0.857. The second kappa shape index (κ2) is 5.06. The highest BCUT2D eigenvalue weighted by Gasteiger charge is 2.19. The maximum absolute atomic E-state index is 11.1. The molecule has 0 aromatic heterocycles. The molecule has 0 aliphatic rings. The van der Waals surface area contributed by atoms with E-state index in [0.29, 0.717) is 0 Å². The maximum atomic E-state index is 11.1. The molecule has 0 heterocycles. The summed E-state index contributed by atoms with van der Waals surface area (Å²) in [6.07, 6.45) is 0. The number of rotatable bonds is 3. The monoisotopic (exact) mass is 194 g/mol. The summed E-state index contributed by atoms with van der Waals surface area (Å²) < 4.78 is 0. The average molecular weight is 194 g/mol. The lowest BCUT2D eigenvalue weighted by Gasteiger charge is -2.13. The molecule has 0 saturated carbocycles. The van der Waals surface area contributed by atoms with Gasteiger partial charge in [-0.25, -0.2) is 0 Å². The van der Waals surface area contributed by atoms with E-state index in [4.69, 9.17) is 5.11 Å². The molecule has 0 radical (unpaired) electrons. The Morgan fingerprint density at radius 1 is 1.45 bits per heavy atom. The highest BCUT2D eigenvalue weighted by atomic mass is 32.2. The SMILES string of the molecule is CC(O)SC(=O)C(S)C(C)C. The van der Waals surface area contributed by atoms with Gasteiger partial charge < -0.3 is 5.11 Å². The first-order valence-electron chi connectivity index (χ1n) is 3.51. The molecule has 2 atom stereocenters. The third kappa shape index (κ3) is 4.71. The second-order valence-corrected chi connectivity index (χ2v) is 4.60. The van der Waals surface area contributed by atoms with E-state index in [1.807, 2.05) is 13.8 Å². The molecular formula is C7H14O2S2. The Labute approximate surface area is 77.2 Å². The summed E-state index contributed by atoms with van der Waals surface area (Å²) in [6.45, 7) is 5.43. The van der Waals surface area contributed by atoms with Crippen molar-refractivity contribution in [1.82, 2.24) is 0 Å². The van der Waals surface area contributed by atoms with Gasteiger partial charge in [0.2, 0.25) is 5.12 Å². The van der Waals surface area contributed by atoms with Crippen molar-refractivity contribution in [2.24, 2.45) is 5.92 Å². The van der Waals surface area contributed by atoms with Crippen molar-refractivity contribution < 1.29 is 9.90 Å². The summed E-state index contributed by atoms with van der Waals surface area (Å²) >= 11 is 5.04. The highest BCUT2D eigenvalue weighted by Crippen LogP contribution is 2.19. The molecule has 0 aromatic carbocycles. The van der Waals surface area contributed by atoms with Gasteiger partial charge in [-0.15, -0.1) is 0 Å². The minimum Gasteiger partial charge on any atom is -0.382 e. The molecule has 0 rings (SSSR count). The van der Waals surface area contributed by atoms with Crippen LogP contribution in [0.4, 0.5) is 0 Å². The number of thioether (sulfide) groups is 1. The molecule has 4 heteroatoms. The molecule has 0 amide bonds. The Balaban J connectivity index is 3.83. The van der Waals surface area contributed by atoms with Crippen molar-refractivity contribution in [2.45, 2.75) is 31.5 Å². The molecule has 2 unspecified atom stereocenters. The van der Waals surface area contributed by atoms with Gasteiger partial charge in [0.1, 0.15) is 5.44 Å². The molecule has 66 valence electrons. The summed E-state index contributed by atoms with van der Waals surface area (Å²) in [5.41, 5.74) is -0.629. The third-order valence-electron chi connectivity index (χ3n) is 1.16. The average Bonchev–Trinajstić information content (AvgIpc) is 1.84.